The lowest BCUT2D eigenvalue weighted by Crippen LogP contribution is -2.01. The summed E-state index contributed by atoms with van der Waals surface area (Å²) in [7, 11) is 1.69. The summed E-state index contributed by atoms with van der Waals surface area (Å²) in [5.41, 5.74) is 2.32. The van der Waals surface area contributed by atoms with E-state index < -0.39 is 0 Å². The molecule has 1 aromatic heterocycles. The van der Waals surface area contributed by atoms with Crippen LogP contribution in [0.1, 0.15) is 11.1 Å². The summed E-state index contributed by atoms with van der Waals surface area (Å²) in [6, 6.07) is 18.3. The quantitative estimate of drug-likeness (QED) is 0.696. The van der Waals surface area contributed by atoms with Crippen molar-refractivity contribution >= 4 is 28.2 Å². The van der Waals surface area contributed by atoms with Crippen LogP contribution in [0, 0.1) is 0 Å². The van der Waals surface area contributed by atoms with Crippen LogP contribution >= 0.6 is 11.6 Å². The normalized spacial score (nSPS) is 10.8. The molecule has 0 spiro atoms. The van der Waals surface area contributed by atoms with Crippen LogP contribution in [0.4, 0.5) is 5.82 Å². The molecule has 3 nitrogen and oxygen atoms in total. The number of nitrogens with one attached hydrogen (secondary N) is 1. The SMILES string of the molecule is COCc1ccc2c(Cl)nc(NCc3ccccc3)cc2c1. The minimum atomic E-state index is 0.511. The molecular formula is C18H17ClN2O. The maximum Gasteiger partial charge on any atom is 0.139 e. The second-order valence-corrected chi connectivity index (χ2v) is 5.48. The van der Waals surface area contributed by atoms with E-state index in [1.807, 2.05) is 36.4 Å². The second-order valence-electron chi connectivity index (χ2n) is 5.13. The lowest BCUT2D eigenvalue weighted by molar-refractivity contribution is 0.185. The van der Waals surface area contributed by atoms with Gasteiger partial charge in [0.05, 0.1) is 6.61 Å². The Balaban J connectivity index is 1.86. The van der Waals surface area contributed by atoms with E-state index in [1.54, 1.807) is 7.11 Å². The third-order valence-corrected chi connectivity index (χ3v) is 3.76. The van der Waals surface area contributed by atoms with Crippen LogP contribution in [-0.2, 0) is 17.9 Å². The lowest BCUT2D eigenvalue weighted by Gasteiger charge is -2.09. The van der Waals surface area contributed by atoms with Gasteiger partial charge in [-0.15, -0.1) is 0 Å². The Hall–Kier alpha value is -2.10. The highest BCUT2D eigenvalue weighted by molar-refractivity contribution is 6.34. The highest BCUT2D eigenvalue weighted by Crippen LogP contribution is 2.26. The van der Waals surface area contributed by atoms with E-state index in [0.717, 1.165) is 22.2 Å². The Morgan fingerprint density at radius 3 is 2.64 bits per heavy atom. The van der Waals surface area contributed by atoms with Gasteiger partial charge >= 0.3 is 0 Å². The van der Waals surface area contributed by atoms with Crippen LogP contribution < -0.4 is 5.32 Å². The van der Waals surface area contributed by atoms with Crippen LogP contribution in [0.2, 0.25) is 5.15 Å². The molecule has 0 bridgehead atoms. The number of pyridine rings is 1. The Morgan fingerprint density at radius 2 is 1.86 bits per heavy atom. The molecule has 0 amide bonds. The molecule has 1 N–H and O–H groups in total. The standard InChI is InChI=1S/C18H17ClN2O/c1-22-12-14-7-8-16-15(9-14)10-17(21-18(16)19)20-11-13-5-3-2-4-6-13/h2-10H,11-12H2,1H3,(H,20,21). The molecule has 0 unspecified atom stereocenters. The first kappa shape index (κ1) is 14.8. The molecule has 0 aliphatic heterocycles. The fourth-order valence-electron chi connectivity index (χ4n) is 2.40. The molecule has 4 heteroatoms. The van der Waals surface area contributed by atoms with Crippen molar-refractivity contribution in [2.45, 2.75) is 13.2 Å². The van der Waals surface area contributed by atoms with Crippen molar-refractivity contribution in [1.29, 1.82) is 0 Å². The van der Waals surface area contributed by atoms with Crippen molar-refractivity contribution in [2.75, 3.05) is 12.4 Å². The fourth-order valence-corrected chi connectivity index (χ4v) is 2.66. The van der Waals surface area contributed by atoms with Gasteiger partial charge in [-0.2, -0.15) is 0 Å². The molecular weight excluding hydrogens is 296 g/mol. The van der Waals surface area contributed by atoms with Gasteiger partial charge < -0.3 is 10.1 Å². The summed E-state index contributed by atoms with van der Waals surface area (Å²) < 4.78 is 5.18. The molecule has 112 valence electrons. The van der Waals surface area contributed by atoms with Crippen molar-refractivity contribution in [3.8, 4) is 0 Å². The smallest absolute Gasteiger partial charge is 0.139 e. The molecule has 3 aromatic rings. The Bertz CT molecular complexity index is 775. The number of methoxy groups -OCH3 is 1. The molecule has 0 saturated heterocycles. The first-order valence-corrected chi connectivity index (χ1v) is 7.50. The van der Waals surface area contributed by atoms with Crippen molar-refractivity contribution in [2.24, 2.45) is 0 Å². The Morgan fingerprint density at radius 1 is 1.05 bits per heavy atom. The Kier molecular flexibility index (Phi) is 4.56. The van der Waals surface area contributed by atoms with E-state index in [0.29, 0.717) is 18.3 Å². The zero-order chi connectivity index (χ0) is 15.4. The number of benzene rings is 2. The van der Waals surface area contributed by atoms with E-state index in [1.165, 1.54) is 5.56 Å². The van der Waals surface area contributed by atoms with E-state index in [-0.39, 0.29) is 0 Å². The molecule has 22 heavy (non-hydrogen) atoms. The minimum Gasteiger partial charge on any atom is -0.380 e. The Labute approximate surface area is 134 Å². The largest absolute Gasteiger partial charge is 0.380 e. The van der Waals surface area contributed by atoms with E-state index >= 15 is 0 Å². The maximum atomic E-state index is 6.29. The summed E-state index contributed by atoms with van der Waals surface area (Å²) in [6.45, 7) is 1.30. The maximum absolute atomic E-state index is 6.29. The lowest BCUT2D eigenvalue weighted by atomic mass is 10.1. The number of halogens is 1. The summed E-state index contributed by atoms with van der Waals surface area (Å²) in [4.78, 5) is 4.42. The first-order valence-electron chi connectivity index (χ1n) is 7.12. The molecule has 0 fully saturated rings. The second kappa shape index (κ2) is 6.77. The molecule has 0 aliphatic carbocycles. The van der Waals surface area contributed by atoms with Crippen LogP contribution in [0.25, 0.3) is 10.8 Å². The average molecular weight is 313 g/mol. The van der Waals surface area contributed by atoms with Crippen molar-refractivity contribution in [3.05, 3.63) is 70.9 Å². The van der Waals surface area contributed by atoms with Gasteiger partial charge in [-0.1, -0.05) is 54.1 Å². The van der Waals surface area contributed by atoms with Gasteiger partial charge in [0.1, 0.15) is 11.0 Å². The van der Waals surface area contributed by atoms with Crippen molar-refractivity contribution in [1.82, 2.24) is 4.98 Å². The van der Waals surface area contributed by atoms with E-state index in [4.69, 9.17) is 16.3 Å². The van der Waals surface area contributed by atoms with Crippen molar-refractivity contribution < 1.29 is 4.74 Å². The number of hydrogen-bond donors (Lipinski definition) is 1. The third kappa shape index (κ3) is 3.38. The van der Waals surface area contributed by atoms with Crippen LogP contribution in [0.5, 0.6) is 0 Å². The summed E-state index contributed by atoms with van der Waals surface area (Å²) in [5.74, 6) is 0.774. The fraction of sp³-hybridized carbons (Fsp3) is 0.167. The average Bonchev–Trinajstić information content (AvgIpc) is 2.54. The van der Waals surface area contributed by atoms with Gasteiger partial charge in [-0.25, -0.2) is 4.98 Å². The van der Waals surface area contributed by atoms with Gasteiger partial charge in [0.15, 0.2) is 0 Å². The number of ether oxygens (including phenoxy) is 1. The zero-order valence-corrected chi connectivity index (χ0v) is 13.1. The summed E-state index contributed by atoms with van der Waals surface area (Å²) >= 11 is 6.29. The van der Waals surface area contributed by atoms with Gasteiger partial charge in [-0.05, 0) is 28.6 Å². The minimum absolute atomic E-state index is 0.511. The van der Waals surface area contributed by atoms with Gasteiger partial charge in [0, 0.05) is 19.0 Å². The summed E-state index contributed by atoms with van der Waals surface area (Å²) in [5, 5.41) is 5.84. The summed E-state index contributed by atoms with van der Waals surface area (Å²) in [6.07, 6.45) is 0. The predicted molar refractivity (Wildman–Crippen MR) is 91.2 cm³/mol. The number of hydrogen-bond acceptors (Lipinski definition) is 3. The molecule has 0 aliphatic rings. The van der Waals surface area contributed by atoms with E-state index in [9.17, 15) is 0 Å². The number of rotatable bonds is 5. The molecule has 0 radical (unpaired) electrons. The number of fused-ring (bicyclic) bond motifs is 1. The number of nitrogens with zero attached hydrogens (tertiary/aromatic N) is 1. The molecule has 3 rings (SSSR count). The third-order valence-electron chi connectivity index (χ3n) is 3.48. The topological polar surface area (TPSA) is 34.1 Å². The highest BCUT2D eigenvalue weighted by Gasteiger charge is 2.05. The first-order chi connectivity index (χ1) is 10.8. The highest BCUT2D eigenvalue weighted by atomic mass is 35.5. The number of anilines is 1. The van der Waals surface area contributed by atoms with Gasteiger partial charge in [-0.3, -0.25) is 0 Å². The van der Waals surface area contributed by atoms with Crippen LogP contribution in [-0.4, -0.2) is 12.1 Å². The zero-order valence-electron chi connectivity index (χ0n) is 12.3. The predicted octanol–water partition coefficient (Wildman–Crippen LogP) is 4.65. The molecule has 0 atom stereocenters. The monoisotopic (exact) mass is 312 g/mol. The van der Waals surface area contributed by atoms with Gasteiger partial charge in [0.2, 0.25) is 0 Å². The van der Waals surface area contributed by atoms with E-state index in [2.05, 4.69) is 28.5 Å². The van der Waals surface area contributed by atoms with Gasteiger partial charge in [0.25, 0.3) is 0 Å². The molecule has 2 aromatic carbocycles. The van der Waals surface area contributed by atoms with Crippen molar-refractivity contribution in [3.63, 3.8) is 0 Å². The van der Waals surface area contributed by atoms with Crippen LogP contribution in [0.3, 0.4) is 0 Å². The van der Waals surface area contributed by atoms with Crippen LogP contribution in [0.15, 0.2) is 54.6 Å². The number of aromatic nitrogens is 1. The molecule has 1 heterocycles. The molecule has 0 saturated carbocycles.